The van der Waals surface area contributed by atoms with Gasteiger partial charge in [-0.3, -0.25) is 0 Å². The van der Waals surface area contributed by atoms with E-state index in [2.05, 4.69) is 15.5 Å². The molecule has 2 heterocycles. The lowest BCUT2D eigenvalue weighted by molar-refractivity contribution is 0.179. The van der Waals surface area contributed by atoms with Crippen LogP contribution >= 0.6 is 0 Å². The third kappa shape index (κ3) is 3.78. The second-order valence-electron chi connectivity index (χ2n) is 6.51. The molecule has 1 aromatic heterocycles. The van der Waals surface area contributed by atoms with Crippen LogP contribution in [0.5, 0.6) is 0 Å². The fourth-order valence-electron chi connectivity index (χ4n) is 2.81. The minimum Gasteiger partial charge on any atom is -0.338 e. The molecule has 1 atom stereocenters. The van der Waals surface area contributed by atoms with Crippen molar-refractivity contribution in [2.24, 2.45) is 5.92 Å². The molecule has 0 aliphatic carbocycles. The van der Waals surface area contributed by atoms with E-state index in [-0.39, 0.29) is 29.4 Å². The number of rotatable bonds is 4. The van der Waals surface area contributed by atoms with Crippen molar-refractivity contribution in [3.63, 3.8) is 0 Å². The first-order valence-corrected chi connectivity index (χ1v) is 8.29. The molecule has 0 spiro atoms. The molecule has 1 unspecified atom stereocenters. The van der Waals surface area contributed by atoms with Crippen molar-refractivity contribution in [1.29, 1.82) is 0 Å². The largest absolute Gasteiger partial charge is 0.338 e. The Balaban J connectivity index is 1.77. The van der Waals surface area contributed by atoms with Gasteiger partial charge in [-0.25, -0.2) is 13.6 Å². The zero-order chi connectivity index (χ0) is 18.0. The van der Waals surface area contributed by atoms with E-state index >= 15 is 0 Å². The summed E-state index contributed by atoms with van der Waals surface area (Å²) in [7, 11) is 0. The summed E-state index contributed by atoms with van der Waals surface area (Å²) >= 11 is 0. The lowest BCUT2D eigenvalue weighted by Gasteiger charge is -2.22. The van der Waals surface area contributed by atoms with Crippen molar-refractivity contribution in [1.82, 2.24) is 20.4 Å². The molecule has 8 heteroatoms. The van der Waals surface area contributed by atoms with Crippen LogP contribution in [0, 0.1) is 17.6 Å². The molecule has 1 fully saturated rings. The second-order valence-corrected chi connectivity index (χ2v) is 6.51. The van der Waals surface area contributed by atoms with Gasteiger partial charge in [0.1, 0.15) is 17.7 Å². The number of benzene rings is 1. The van der Waals surface area contributed by atoms with Crippen LogP contribution in [0.3, 0.4) is 0 Å². The number of carbonyl (C=O) groups is 1. The maximum absolute atomic E-state index is 13.9. The number of hydrogen-bond donors (Lipinski definition) is 1. The molecule has 25 heavy (non-hydrogen) atoms. The highest BCUT2D eigenvalue weighted by Crippen LogP contribution is 2.32. The van der Waals surface area contributed by atoms with E-state index < -0.39 is 11.6 Å². The maximum Gasteiger partial charge on any atom is 0.318 e. The summed E-state index contributed by atoms with van der Waals surface area (Å²) in [6.07, 6.45) is 1.52. The van der Waals surface area contributed by atoms with Gasteiger partial charge in [0.25, 0.3) is 0 Å². The third-order valence-corrected chi connectivity index (χ3v) is 4.07. The molecule has 0 bridgehead atoms. The SMILES string of the molecule is CC(C)CNC(=O)N1CCCC1c1nc(-c2ccc(F)cc2F)no1. The minimum atomic E-state index is -0.759. The van der Waals surface area contributed by atoms with Crippen LogP contribution < -0.4 is 5.32 Å². The Morgan fingerprint density at radius 3 is 2.96 bits per heavy atom. The van der Waals surface area contributed by atoms with Crippen LogP contribution in [0.1, 0.15) is 38.6 Å². The molecule has 3 rings (SSSR count). The Hall–Kier alpha value is -2.51. The average molecular weight is 350 g/mol. The second kappa shape index (κ2) is 7.16. The summed E-state index contributed by atoms with van der Waals surface area (Å²) in [5.74, 6) is -0.779. The quantitative estimate of drug-likeness (QED) is 0.916. The van der Waals surface area contributed by atoms with E-state index in [0.717, 1.165) is 18.6 Å². The van der Waals surface area contributed by atoms with E-state index in [4.69, 9.17) is 4.52 Å². The summed E-state index contributed by atoms with van der Waals surface area (Å²) in [6.45, 7) is 5.21. The number of amides is 2. The number of nitrogens with one attached hydrogen (secondary N) is 1. The van der Waals surface area contributed by atoms with E-state index in [9.17, 15) is 13.6 Å². The van der Waals surface area contributed by atoms with Gasteiger partial charge in [-0.2, -0.15) is 4.98 Å². The van der Waals surface area contributed by atoms with Crippen LogP contribution in [0.25, 0.3) is 11.4 Å². The van der Waals surface area contributed by atoms with Crippen molar-refractivity contribution >= 4 is 6.03 Å². The van der Waals surface area contributed by atoms with Gasteiger partial charge in [0.2, 0.25) is 11.7 Å². The number of halogens is 2. The van der Waals surface area contributed by atoms with Gasteiger partial charge >= 0.3 is 6.03 Å². The predicted octanol–water partition coefficient (Wildman–Crippen LogP) is 3.52. The molecule has 0 radical (unpaired) electrons. The summed E-state index contributed by atoms with van der Waals surface area (Å²) in [6, 6.07) is 2.66. The van der Waals surface area contributed by atoms with Gasteiger partial charge in [-0.15, -0.1) is 0 Å². The van der Waals surface area contributed by atoms with Gasteiger partial charge in [-0.1, -0.05) is 19.0 Å². The first-order chi connectivity index (χ1) is 12.0. The maximum atomic E-state index is 13.9. The lowest BCUT2D eigenvalue weighted by Crippen LogP contribution is -2.41. The highest BCUT2D eigenvalue weighted by atomic mass is 19.1. The van der Waals surface area contributed by atoms with Gasteiger partial charge in [0, 0.05) is 19.2 Å². The molecule has 134 valence electrons. The lowest BCUT2D eigenvalue weighted by atomic mass is 10.2. The summed E-state index contributed by atoms with van der Waals surface area (Å²) in [4.78, 5) is 18.2. The van der Waals surface area contributed by atoms with Gasteiger partial charge in [0.05, 0.1) is 5.56 Å². The molecule has 2 amide bonds. The Labute approximate surface area is 144 Å². The van der Waals surface area contributed by atoms with E-state index in [1.165, 1.54) is 6.07 Å². The topological polar surface area (TPSA) is 71.3 Å². The Morgan fingerprint density at radius 2 is 2.24 bits per heavy atom. The normalized spacial score (nSPS) is 17.3. The monoisotopic (exact) mass is 350 g/mol. The molecule has 0 saturated carbocycles. The Morgan fingerprint density at radius 1 is 1.44 bits per heavy atom. The van der Waals surface area contributed by atoms with Gasteiger partial charge in [0.15, 0.2) is 0 Å². The van der Waals surface area contributed by atoms with Crippen LogP contribution in [0.4, 0.5) is 13.6 Å². The fourth-order valence-corrected chi connectivity index (χ4v) is 2.81. The van der Waals surface area contributed by atoms with Crippen molar-refractivity contribution in [3.8, 4) is 11.4 Å². The molecule has 6 nitrogen and oxygen atoms in total. The van der Waals surface area contributed by atoms with Crippen molar-refractivity contribution < 1.29 is 18.1 Å². The van der Waals surface area contributed by atoms with Crippen molar-refractivity contribution in [2.45, 2.75) is 32.7 Å². The van der Waals surface area contributed by atoms with E-state index in [1.807, 2.05) is 13.8 Å². The number of hydrogen-bond acceptors (Lipinski definition) is 4. The number of urea groups is 1. The van der Waals surface area contributed by atoms with Crippen molar-refractivity contribution in [2.75, 3.05) is 13.1 Å². The highest BCUT2D eigenvalue weighted by molar-refractivity contribution is 5.75. The van der Waals surface area contributed by atoms with Gasteiger partial charge in [-0.05, 0) is 30.9 Å². The summed E-state index contributed by atoms with van der Waals surface area (Å²) in [5, 5.41) is 6.66. The smallest absolute Gasteiger partial charge is 0.318 e. The minimum absolute atomic E-state index is 0.0435. The molecule has 1 aliphatic rings. The van der Waals surface area contributed by atoms with Gasteiger partial charge < -0.3 is 14.7 Å². The number of aromatic nitrogens is 2. The van der Waals surface area contributed by atoms with E-state index in [1.54, 1.807) is 4.90 Å². The van der Waals surface area contributed by atoms with Crippen LogP contribution in [-0.2, 0) is 0 Å². The van der Waals surface area contributed by atoms with Crippen LogP contribution in [0.2, 0.25) is 0 Å². The predicted molar refractivity (Wildman–Crippen MR) is 86.6 cm³/mol. The third-order valence-electron chi connectivity index (χ3n) is 4.07. The summed E-state index contributed by atoms with van der Waals surface area (Å²) in [5.41, 5.74) is 0.0604. The molecule has 1 N–H and O–H groups in total. The first kappa shape index (κ1) is 17.3. The number of likely N-dealkylation sites (tertiary alicyclic amines) is 1. The van der Waals surface area contributed by atoms with Crippen LogP contribution in [0.15, 0.2) is 22.7 Å². The summed E-state index contributed by atoms with van der Waals surface area (Å²) < 4.78 is 32.1. The Kier molecular flexibility index (Phi) is 4.96. The first-order valence-electron chi connectivity index (χ1n) is 8.29. The standard InChI is InChI=1S/C17H20F2N4O2/c1-10(2)9-20-17(24)23-7-3-4-14(23)16-21-15(22-25-16)12-6-5-11(18)8-13(12)19/h5-6,8,10,14H,3-4,7,9H2,1-2H3,(H,20,24). The highest BCUT2D eigenvalue weighted by Gasteiger charge is 2.34. The molecule has 1 aromatic carbocycles. The molecule has 1 saturated heterocycles. The van der Waals surface area contributed by atoms with E-state index in [0.29, 0.717) is 25.4 Å². The average Bonchev–Trinajstić information content (AvgIpc) is 3.21. The van der Waals surface area contributed by atoms with Crippen molar-refractivity contribution in [3.05, 3.63) is 35.7 Å². The molecule has 2 aromatic rings. The number of nitrogens with zero attached hydrogens (tertiary/aromatic N) is 3. The molecule has 1 aliphatic heterocycles. The zero-order valence-electron chi connectivity index (χ0n) is 14.1. The number of carbonyl (C=O) groups excluding carboxylic acids is 1. The van der Waals surface area contributed by atoms with Crippen LogP contribution in [-0.4, -0.2) is 34.2 Å². The molecular formula is C17H20F2N4O2. The fraction of sp³-hybridized carbons (Fsp3) is 0.471. The Bertz CT molecular complexity index is 763. The molecular weight excluding hydrogens is 330 g/mol. The zero-order valence-corrected chi connectivity index (χ0v) is 14.1.